The van der Waals surface area contributed by atoms with Crippen molar-refractivity contribution in [3.63, 3.8) is 0 Å². The second-order valence-electron chi connectivity index (χ2n) is 8.81. The molecule has 0 N–H and O–H groups in total. The molecular formula is C24H30N6O. The molecule has 1 amide bonds. The number of benzene rings is 1. The van der Waals surface area contributed by atoms with Gasteiger partial charge in [-0.25, -0.2) is 9.67 Å². The van der Waals surface area contributed by atoms with E-state index in [2.05, 4.69) is 39.1 Å². The summed E-state index contributed by atoms with van der Waals surface area (Å²) >= 11 is 0. The molecule has 4 heterocycles. The van der Waals surface area contributed by atoms with Gasteiger partial charge in [-0.2, -0.15) is 5.10 Å². The third-order valence-corrected chi connectivity index (χ3v) is 6.62. The Hall–Kier alpha value is -2.77. The summed E-state index contributed by atoms with van der Waals surface area (Å²) in [4.78, 5) is 24.7. The number of piperazine rings is 1. The van der Waals surface area contributed by atoms with Crippen molar-refractivity contribution in [2.24, 2.45) is 0 Å². The van der Waals surface area contributed by atoms with Crippen molar-refractivity contribution in [1.82, 2.24) is 29.5 Å². The van der Waals surface area contributed by atoms with Crippen LogP contribution in [0.1, 0.15) is 28.8 Å². The number of hydrogen-bond donors (Lipinski definition) is 0. The Labute approximate surface area is 183 Å². The van der Waals surface area contributed by atoms with Crippen molar-refractivity contribution in [2.75, 3.05) is 46.3 Å². The Morgan fingerprint density at radius 3 is 2.65 bits per heavy atom. The summed E-state index contributed by atoms with van der Waals surface area (Å²) in [5.74, 6) is 0.0746. The van der Waals surface area contributed by atoms with E-state index in [-0.39, 0.29) is 5.91 Å². The largest absolute Gasteiger partial charge is 0.336 e. The maximum absolute atomic E-state index is 13.1. The minimum absolute atomic E-state index is 0.0746. The molecule has 7 heteroatoms. The maximum Gasteiger partial charge on any atom is 0.255 e. The molecule has 0 radical (unpaired) electrons. The summed E-state index contributed by atoms with van der Waals surface area (Å²) in [6.45, 7) is 6.48. The van der Waals surface area contributed by atoms with Gasteiger partial charge in [0.05, 0.1) is 18.3 Å². The molecule has 162 valence electrons. The van der Waals surface area contributed by atoms with Crippen molar-refractivity contribution in [3.8, 4) is 0 Å². The Morgan fingerprint density at radius 2 is 1.87 bits per heavy atom. The molecule has 7 nitrogen and oxygen atoms in total. The van der Waals surface area contributed by atoms with Crippen molar-refractivity contribution in [3.05, 3.63) is 59.9 Å². The molecule has 5 rings (SSSR count). The lowest BCUT2D eigenvalue weighted by molar-refractivity contribution is 0.0452. The molecular weight excluding hydrogens is 388 g/mol. The highest BCUT2D eigenvalue weighted by molar-refractivity contribution is 5.96. The van der Waals surface area contributed by atoms with E-state index in [9.17, 15) is 4.79 Å². The zero-order chi connectivity index (χ0) is 21.2. The maximum atomic E-state index is 13.1. The molecule has 1 aromatic carbocycles. The highest BCUT2D eigenvalue weighted by Gasteiger charge is 2.29. The van der Waals surface area contributed by atoms with Crippen LogP contribution in [0.3, 0.4) is 0 Å². The summed E-state index contributed by atoms with van der Waals surface area (Å²) in [5, 5.41) is 5.40. The van der Waals surface area contributed by atoms with Gasteiger partial charge in [0.2, 0.25) is 0 Å². The normalized spacial score (nSPS) is 20.9. The lowest BCUT2D eigenvalue weighted by atomic mass is 10.0. The summed E-state index contributed by atoms with van der Waals surface area (Å²) in [5.41, 5.74) is 2.64. The van der Waals surface area contributed by atoms with Crippen LogP contribution < -0.4 is 0 Å². The van der Waals surface area contributed by atoms with Crippen molar-refractivity contribution in [1.29, 1.82) is 0 Å². The SMILES string of the molecule is CN1CCCC(N2CCN(C(=O)c3cnc4c(cnn4Cc4ccccc4)c3)CC2)C1. The number of nitrogens with zero attached hydrogens (tertiary/aromatic N) is 6. The number of amides is 1. The molecule has 1 atom stereocenters. The van der Waals surface area contributed by atoms with E-state index in [1.807, 2.05) is 33.8 Å². The smallest absolute Gasteiger partial charge is 0.255 e. The summed E-state index contributed by atoms with van der Waals surface area (Å²) in [6, 6.07) is 12.8. The molecule has 2 fully saturated rings. The standard InChI is InChI=1S/C24H30N6O/c1-27-9-5-8-22(18-27)28-10-12-29(13-11-28)24(31)21-14-20-16-26-30(23(20)25-15-21)17-19-6-3-2-4-7-19/h2-4,6-7,14-16,22H,5,8-13,17-18H2,1H3. The fraction of sp³-hybridized carbons (Fsp3) is 0.458. The third kappa shape index (κ3) is 4.34. The summed E-state index contributed by atoms with van der Waals surface area (Å²) in [6.07, 6.45) is 6.05. The molecule has 0 saturated carbocycles. The van der Waals surface area contributed by atoms with E-state index in [4.69, 9.17) is 0 Å². The van der Waals surface area contributed by atoms with Gasteiger partial charge in [0.25, 0.3) is 5.91 Å². The van der Waals surface area contributed by atoms with Crippen molar-refractivity contribution in [2.45, 2.75) is 25.4 Å². The lowest BCUT2D eigenvalue weighted by Crippen LogP contribution is -2.55. The number of carbonyl (C=O) groups is 1. The number of carbonyl (C=O) groups excluding carboxylic acids is 1. The number of hydrogen-bond acceptors (Lipinski definition) is 5. The van der Waals surface area contributed by atoms with Crippen LogP contribution >= 0.6 is 0 Å². The quantitative estimate of drug-likeness (QED) is 0.651. The first-order valence-electron chi connectivity index (χ1n) is 11.2. The Bertz CT molecular complexity index is 1040. The Kier molecular flexibility index (Phi) is 5.70. The van der Waals surface area contributed by atoms with Gasteiger partial charge in [0.15, 0.2) is 5.65 Å². The number of aromatic nitrogens is 3. The fourth-order valence-electron chi connectivity index (χ4n) is 4.87. The van der Waals surface area contributed by atoms with E-state index in [0.29, 0.717) is 18.2 Å². The average Bonchev–Trinajstić information content (AvgIpc) is 3.21. The molecule has 1 unspecified atom stereocenters. The number of fused-ring (bicyclic) bond motifs is 1. The molecule has 31 heavy (non-hydrogen) atoms. The van der Waals surface area contributed by atoms with Gasteiger partial charge in [-0.1, -0.05) is 30.3 Å². The van der Waals surface area contributed by atoms with Crippen molar-refractivity contribution < 1.29 is 4.79 Å². The number of rotatable bonds is 4. The monoisotopic (exact) mass is 418 g/mol. The first-order valence-corrected chi connectivity index (χ1v) is 11.2. The molecule has 0 bridgehead atoms. The van der Waals surface area contributed by atoms with Gasteiger partial charge in [-0.15, -0.1) is 0 Å². The second-order valence-corrected chi connectivity index (χ2v) is 8.81. The minimum Gasteiger partial charge on any atom is -0.336 e. The zero-order valence-corrected chi connectivity index (χ0v) is 18.2. The van der Waals surface area contributed by atoms with Crippen LogP contribution in [0, 0.1) is 0 Å². The van der Waals surface area contributed by atoms with E-state index < -0.39 is 0 Å². The predicted octanol–water partition coefficient (Wildman–Crippen LogP) is 2.33. The zero-order valence-electron chi connectivity index (χ0n) is 18.2. The number of likely N-dealkylation sites (tertiary alicyclic amines) is 1. The van der Waals surface area contributed by atoms with Crippen LogP contribution in [0.5, 0.6) is 0 Å². The van der Waals surface area contributed by atoms with Crippen LogP contribution in [0.4, 0.5) is 0 Å². The van der Waals surface area contributed by atoms with Crippen molar-refractivity contribution >= 4 is 16.9 Å². The van der Waals surface area contributed by atoms with Gasteiger partial charge < -0.3 is 9.80 Å². The summed E-state index contributed by atoms with van der Waals surface area (Å²) in [7, 11) is 2.21. The first kappa shape index (κ1) is 20.2. The Balaban J connectivity index is 1.24. The van der Waals surface area contributed by atoms with Crippen LogP contribution in [-0.2, 0) is 6.54 Å². The van der Waals surface area contributed by atoms with Gasteiger partial charge in [-0.3, -0.25) is 9.69 Å². The number of piperidine rings is 1. The first-order chi connectivity index (χ1) is 15.2. The van der Waals surface area contributed by atoms with E-state index >= 15 is 0 Å². The highest BCUT2D eigenvalue weighted by Crippen LogP contribution is 2.19. The van der Waals surface area contributed by atoms with E-state index in [1.165, 1.54) is 24.9 Å². The molecule has 2 aliphatic rings. The topological polar surface area (TPSA) is 57.5 Å². The summed E-state index contributed by atoms with van der Waals surface area (Å²) < 4.78 is 1.89. The van der Waals surface area contributed by atoms with Gasteiger partial charge in [-0.05, 0) is 38.1 Å². The van der Waals surface area contributed by atoms with Crippen LogP contribution in [0.2, 0.25) is 0 Å². The molecule has 0 spiro atoms. The lowest BCUT2D eigenvalue weighted by Gasteiger charge is -2.42. The van der Waals surface area contributed by atoms with Crippen LogP contribution in [-0.4, -0.2) is 87.7 Å². The molecule has 2 aliphatic heterocycles. The average molecular weight is 419 g/mol. The van der Waals surface area contributed by atoms with Crippen LogP contribution in [0.25, 0.3) is 11.0 Å². The molecule has 2 aromatic heterocycles. The number of pyridine rings is 1. The minimum atomic E-state index is 0.0746. The predicted molar refractivity (Wildman–Crippen MR) is 121 cm³/mol. The van der Waals surface area contributed by atoms with Gasteiger partial charge >= 0.3 is 0 Å². The van der Waals surface area contributed by atoms with E-state index in [1.54, 1.807) is 12.4 Å². The molecule has 2 saturated heterocycles. The highest BCUT2D eigenvalue weighted by atomic mass is 16.2. The van der Waals surface area contributed by atoms with E-state index in [0.717, 1.165) is 43.8 Å². The molecule has 0 aliphatic carbocycles. The van der Waals surface area contributed by atoms with Crippen LogP contribution in [0.15, 0.2) is 48.8 Å². The Morgan fingerprint density at radius 1 is 1.06 bits per heavy atom. The second kappa shape index (κ2) is 8.77. The fourth-order valence-corrected chi connectivity index (χ4v) is 4.87. The van der Waals surface area contributed by atoms with Gasteiger partial charge in [0.1, 0.15) is 0 Å². The van der Waals surface area contributed by atoms with Gasteiger partial charge in [0, 0.05) is 50.3 Å². The third-order valence-electron chi connectivity index (χ3n) is 6.62. The number of likely N-dealkylation sites (N-methyl/N-ethyl adjacent to an activating group) is 1. The molecule has 3 aromatic rings.